The molecule has 2 N–H and O–H groups in total. The Hall–Kier alpha value is -0.580. The second-order valence-electron chi connectivity index (χ2n) is 5.33. The number of rotatable bonds is 4. The van der Waals surface area contributed by atoms with Crippen LogP contribution < -0.4 is 5.32 Å². The van der Waals surface area contributed by atoms with Crippen molar-refractivity contribution in [2.24, 2.45) is 0 Å². The maximum Gasteiger partial charge on any atom is 0.0662 e. The van der Waals surface area contributed by atoms with Crippen molar-refractivity contribution in [3.05, 3.63) is 28.7 Å². The van der Waals surface area contributed by atoms with E-state index in [0.717, 1.165) is 49.1 Å². The number of hydrogen-bond acceptors (Lipinski definition) is 3. The Morgan fingerprint density at radius 1 is 1.32 bits per heavy atom. The molecule has 0 amide bonds. The molecule has 19 heavy (non-hydrogen) atoms. The van der Waals surface area contributed by atoms with Crippen molar-refractivity contribution in [2.75, 3.05) is 31.6 Å². The van der Waals surface area contributed by atoms with E-state index >= 15 is 0 Å². The van der Waals surface area contributed by atoms with Crippen LogP contribution >= 0.6 is 15.9 Å². The summed E-state index contributed by atoms with van der Waals surface area (Å²) in [5, 5.41) is 13.5. The van der Waals surface area contributed by atoms with Crippen LogP contribution in [0, 0.1) is 0 Å². The monoisotopic (exact) mass is 326 g/mol. The van der Waals surface area contributed by atoms with Crippen LogP contribution in [0.25, 0.3) is 0 Å². The maximum absolute atomic E-state index is 9.88. The zero-order valence-electron chi connectivity index (χ0n) is 11.5. The van der Waals surface area contributed by atoms with Gasteiger partial charge in [-0.3, -0.25) is 0 Å². The van der Waals surface area contributed by atoms with Gasteiger partial charge in [0.2, 0.25) is 0 Å². The van der Waals surface area contributed by atoms with Crippen molar-refractivity contribution in [1.82, 2.24) is 4.90 Å². The van der Waals surface area contributed by atoms with Crippen LogP contribution in [0.5, 0.6) is 0 Å². The largest absolute Gasteiger partial charge is 0.394 e. The number of anilines is 1. The summed E-state index contributed by atoms with van der Waals surface area (Å²) in [5.74, 6) is 0. The van der Waals surface area contributed by atoms with Gasteiger partial charge < -0.3 is 15.3 Å². The molecular formula is C15H23BrN2O. The first kappa shape index (κ1) is 14.8. The lowest BCUT2D eigenvalue weighted by Gasteiger charge is -2.33. The van der Waals surface area contributed by atoms with Crippen molar-refractivity contribution in [3.63, 3.8) is 0 Å². The fourth-order valence-corrected chi connectivity index (χ4v) is 3.12. The first-order valence-corrected chi connectivity index (χ1v) is 7.84. The van der Waals surface area contributed by atoms with Crippen molar-refractivity contribution < 1.29 is 5.11 Å². The number of hydrogen-bond donors (Lipinski definition) is 2. The van der Waals surface area contributed by atoms with Crippen LogP contribution in [0.15, 0.2) is 28.7 Å². The predicted molar refractivity (Wildman–Crippen MR) is 83.5 cm³/mol. The van der Waals surface area contributed by atoms with E-state index in [1.165, 1.54) is 0 Å². The number of likely N-dealkylation sites (tertiary alicyclic amines) is 1. The number of para-hydroxylation sites is 1. The number of aliphatic hydroxyl groups excluding tert-OH is 1. The molecule has 0 spiro atoms. The van der Waals surface area contributed by atoms with E-state index in [9.17, 15) is 5.11 Å². The van der Waals surface area contributed by atoms with Gasteiger partial charge >= 0.3 is 0 Å². The molecule has 106 valence electrons. The highest BCUT2D eigenvalue weighted by Crippen LogP contribution is 2.30. The second kappa shape index (κ2) is 6.73. The van der Waals surface area contributed by atoms with E-state index in [-0.39, 0.29) is 12.1 Å². The number of benzene rings is 1. The molecule has 1 aliphatic rings. The van der Waals surface area contributed by atoms with E-state index < -0.39 is 0 Å². The third-order valence-electron chi connectivity index (χ3n) is 4.06. The Labute approximate surface area is 124 Å². The van der Waals surface area contributed by atoms with E-state index in [4.69, 9.17) is 0 Å². The maximum atomic E-state index is 9.88. The van der Waals surface area contributed by atoms with Crippen molar-refractivity contribution >= 4 is 21.6 Å². The smallest absolute Gasteiger partial charge is 0.0662 e. The first-order valence-electron chi connectivity index (χ1n) is 7.05. The Balaban J connectivity index is 2.12. The molecule has 0 aliphatic carbocycles. The summed E-state index contributed by atoms with van der Waals surface area (Å²) in [7, 11) is 0. The fraction of sp³-hybridized carbons (Fsp3) is 0.600. The molecule has 1 aromatic rings. The van der Waals surface area contributed by atoms with Crippen molar-refractivity contribution in [2.45, 2.75) is 31.7 Å². The van der Waals surface area contributed by atoms with E-state index in [2.05, 4.69) is 39.1 Å². The molecule has 1 aromatic carbocycles. The highest BCUT2D eigenvalue weighted by molar-refractivity contribution is 9.10. The minimum Gasteiger partial charge on any atom is -0.394 e. The van der Waals surface area contributed by atoms with Crippen molar-refractivity contribution in [1.29, 1.82) is 0 Å². The zero-order chi connectivity index (χ0) is 13.7. The molecule has 4 heteroatoms. The van der Waals surface area contributed by atoms with Crippen LogP contribution in [0.4, 0.5) is 5.69 Å². The first-order chi connectivity index (χ1) is 9.19. The lowest BCUT2D eigenvalue weighted by atomic mass is 9.91. The van der Waals surface area contributed by atoms with Crippen LogP contribution in [0.3, 0.4) is 0 Å². The highest BCUT2D eigenvalue weighted by atomic mass is 79.9. The van der Waals surface area contributed by atoms with Gasteiger partial charge in [0.25, 0.3) is 0 Å². The number of halogens is 1. The van der Waals surface area contributed by atoms with E-state index in [1.54, 1.807) is 0 Å². The Morgan fingerprint density at radius 3 is 2.79 bits per heavy atom. The van der Waals surface area contributed by atoms with E-state index in [0.29, 0.717) is 0 Å². The molecule has 3 nitrogen and oxygen atoms in total. The summed E-state index contributed by atoms with van der Waals surface area (Å²) in [6.07, 6.45) is 3.13. The van der Waals surface area contributed by atoms with Gasteiger partial charge in [-0.2, -0.15) is 0 Å². The molecular weight excluding hydrogens is 304 g/mol. The SMILES string of the molecule is CCN1CCCC(CO)(Nc2ccccc2Br)CC1. The third-order valence-corrected chi connectivity index (χ3v) is 4.75. The second-order valence-corrected chi connectivity index (χ2v) is 6.19. The van der Waals surface area contributed by atoms with Gasteiger partial charge in [0, 0.05) is 16.7 Å². The molecule has 1 aliphatic heterocycles. The predicted octanol–water partition coefficient (Wildman–Crippen LogP) is 3.10. The molecule has 1 saturated heterocycles. The molecule has 1 heterocycles. The normalized spacial score (nSPS) is 25.0. The van der Waals surface area contributed by atoms with Crippen LogP contribution in [-0.2, 0) is 0 Å². The summed E-state index contributed by atoms with van der Waals surface area (Å²) in [5.41, 5.74) is 0.884. The van der Waals surface area contributed by atoms with Crippen LogP contribution in [0.2, 0.25) is 0 Å². The number of nitrogens with one attached hydrogen (secondary N) is 1. The van der Waals surface area contributed by atoms with Crippen LogP contribution in [0.1, 0.15) is 26.2 Å². The van der Waals surface area contributed by atoms with Crippen LogP contribution in [-0.4, -0.2) is 41.8 Å². The molecule has 1 atom stereocenters. The lowest BCUT2D eigenvalue weighted by Crippen LogP contribution is -2.43. The molecule has 0 aromatic heterocycles. The average Bonchev–Trinajstić information content (AvgIpc) is 2.64. The highest BCUT2D eigenvalue weighted by Gasteiger charge is 2.32. The minimum absolute atomic E-state index is 0.186. The van der Waals surface area contributed by atoms with Gasteiger partial charge in [-0.15, -0.1) is 0 Å². The van der Waals surface area contributed by atoms with Gasteiger partial charge in [0.1, 0.15) is 0 Å². The molecule has 0 bridgehead atoms. The van der Waals surface area contributed by atoms with Gasteiger partial charge in [-0.1, -0.05) is 19.1 Å². The summed E-state index contributed by atoms with van der Waals surface area (Å²) >= 11 is 3.57. The molecule has 0 saturated carbocycles. The molecule has 0 radical (unpaired) electrons. The fourth-order valence-electron chi connectivity index (χ4n) is 2.74. The summed E-state index contributed by atoms with van der Waals surface area (Å²) in [6.45, 7) is 5.67. The lowest BCUT2D eigenvalue weighted by molar-refractivity contribution is 0.193. The van der Waals surface area contributed by atoms with E-state index in [1.807, 2.05) is 18.2 Å². The summed E-state index contributed by atoms with van der Waals surface area (Å²) in [4.78, 5) is 2.46. The van der Waals surface area contributed by atoms with Gasteiger partial charge in [-0.05, 0) is 60.4 Å². The standard InChI is InChI=1S/C15H23BrN2O/c1-2-18-10-5-8-15(12-19,9-11-18)17-14-7-4-3-6-13(14)16/h3-4,6-7,17,19H,2,5,8-12H2,1H3. The van der Waals surface area contributed by atoms with Crippen molar-refractivity contribution in [3.8, 4) is 0 Å². The summed E-state index contributed by atoms with van der Waals surface area (Å²) < 4.78 is 1.06. The Kier molecular flexibility index (Phi) is 5.25. The van der Waals surface area contributed by atoms with Gasteiger partial charge in [-0.25, -0.2) is 0 Å². The summed E-state index contributed by atoms with van der Waals surface area (Å²) in [6, 6.07) is 8.12. The molecule has 2 rings (SSSR count). The zero-order valence-corrected chi connectivity index (χ0v) is 13.1. The topological polar surface area (TPSA) is 35.5 Å². The average molecular weight is 327 g/mol. The van der Waals surface area contributed by atoms with Gasteiger partial charge in [0.15, 0.2) is 0 Å². The Morgan fingerprint density at radius 2 is 2.11 bits per heavy atom. The number of aliphatic hydroxyl groups is 1. The third kappa shape index (κ3) is 3.71. The molecule has 1 fully saturated rings. The van der Waals surface area contributed by atoms with Gasteiger partial charge in [0.05, 0.1) is 12.1 Å². The number of nitrogens with zero attached hydrogens (tertiary/aromatic N) is 1. The minimum atomic E-state index is -0.187. The molecule has 1 unspecified atom stereocenters. The quantitative estimate of drug-likeness (QED) is 0.892. The Bertz CT molecular complexity index is 413.